The molecule has 0 unspecified atom stereocenters. The Bertz CT molecular complexity index is 1460. The molecule has 3 saturated heterocycles. The summed E-state index contributed by atoms with van der Waals surface area (Å²) in [6, 6.07) is 20.9. The monoisotopic (exact) mass is 610 g/mol. The smallest absolute Gasteiger partial charge is 0.351 e. The minimum atomic E-state index is -2.83. The predicted octanol–water partition coefficient (Wildman–Crippen LogP) is 2.92. The molecule has 4 heterocycles. The Labute approximate surface area is 251 Å². The van der Waals surface area contributed by atoms with Crippen molar-refractivity contribution in [3.8, 4) is 0 Å². The number of halogens is 1. The van der Waals surface area contributed by atoms with Gasteiger partial charge in [0.2, 0.25) is 0 Å². The second-order valence-electron chi connectivity index (χ2n) is 12.8. The van der Waals surface area contributed by atoms with E-state index in [1.807, 2.05) is 26.0 Å². The molecule has 0 aliphatic carbocycles. The summed E-state index contributed by atoms with van der Waals surface area (Å²) in [5, 5.41) is 3.78. The summed E-state index contributed by atoms with van der Waals surface area (Å²) in [7, 11) is -2.83. The van der Waals surface area contributed by atoms with Crippen molar-refractivity contribution in [3.05, 3.63) is 83.2 Å². The molecule has 230 valence electrons. The van der Waals surface area contributed by atoms with Gasteiger partial charge in [0.05, 0.1) is 12.8 Å². The van der Waals surface area contributed by atoms with Gasteiger partial charge in [0, 0.05) is 13.0 Å². The van der Waals surface area contributed by atoms with E-state index in [-0.39, 0.29) is 11.6 Å². The van der Waals surface area contributed by atoms with Gasteiger partial charge in [0.15, 0.2) is 29.9 Å². The Kier molecular flexibility index (Phi) is 7.82. The van der Waals surface area contributed by atoms with Crippen molar-refractivity contribution in [1.29, 1.82) is 0 Å². The first-order chi connectivity index (χ1) is 20.4. The second kappa shape index (κ2) is 11.2. The van der Waals surface area contributed by atoms with Gasteiger partial charge in [-0.3, -0.25) is 9.40 Å². The first-order valence-corrected chi connectivity index (χ1v) is 16.5. The van der Waals surface area contributed by atoms with Crippen molar-refractivity contribution in [3.63, 3.8) is 0 Å². The highest BCUT2D eigenvalue weighted by Crippen LogP contribution is 2.43. The van der Waals surface area contributed by atoms with Gasteiger partial charge in [-0.2, -0.15) is 10.0 Å². The zero-order valence-corrected chi connectivity index (χ0v) is 26.1. The van der Waals surface area contributed by atoms with Crippen LogP contribution in [0, 0.1) is 5.82 Å². The summed E-state index contributed by atoms with van der Waals surface area (Å²) in [5.41, 5.74) is 4.78. The number of nitrogens with zero attached hydrogens (tertiary/aromatic N) is 3. The topological polar surface area (TPSA) is 110 Å². The maximum atomic E-state index is 14.1. The lowest BCUT2D eigenvalue weighted by Gasteiger charge is -2.43. The van der Waals surface area contributed by atoms with Gasteiger partial charge in [0.25, 0.3) is 8.32 Å². The Morgan fingerprint density at radius 1 is 1.05 bits per heavy atom. The zero-order valence-electron chi connectivity index (χ0n) is 25.1. The van der Waals surface area contributed by atoms with Crippen molar-refractivity contribution >= 4 is 24.5 Å². The molecule has 0 saturated carbocycles. The van der Waals surface area contributed by atoms with Crippen LogP contribution in [0.1, 0.15) is 47.3 Å². The Balaban J connectivity index is 1.28. The average Bonchev–Trinajstić information content (AvgIpc) is 3.65. The third kappa shape index (κ3) is 5.46. The summed E-state index contributed by atoms with van der Waals surface area (Å²) in [6.07, 6.45) is -1.31. The van der Waals surface area contributed by atoms with Gasteiger partial charge in [-0.05, 0) is 29.3 Å². The largest absolute Gasteiger partial charge is 0.405 e. The number of aromatic nitrogens is 2. The summed E-state index contributed by atoms with van der Waals surface area (Å²) >= 11 is 0. The molecule has 0 bridgehead atoms. The number of fused-ring (bicyclic) bond motifs is 1. The maximum Gasteiger partial charge on any atom is 0.351 e. The summed E-state index contributed by atoms with van der Waals surface area (Å²) < 4.78 is 41.7. The molecule has 0 radical (unpaired) electrons. The average molecular weight is 611 g/mol. The molecule has 3 aliphatic rings. The summed E-state index contributed by atoms with van der Waals surface area (Å²) in [4.78, 5) is 22.1. The zero-order chi connectivity index (χ0) is 30.6. The molecule has 2 aromatic carbocycles. The van der Waals surface area contributed by atoms with E-state index in [1.54, 1.807) is 5.06 Å². The number of hydrogen-bond donors (Lipinski definition) is 1. The lowest BCUT2D eigenvalue weighted by Crippen LogP contribution is -2.67. The first kappa shape index (κ1) is 30.1. The number of nitrogen functional groups attached to an aromatic ring is 1. The van der Waals surface area contributed by atoms with Crippen molar-refractivity contribution < 1.29 is 27.9 Å². The molecule has 1 aromatic heterocycles. The molecule has 10 nitrogen and oxygen atoms in total. The van der Waals surface area contributed by atoms with Gasteiger partial charge in [-0.25, -0.2) is 9.18 Å². The Morgan fingerprint density at radius 2 is 1.65 bits per heavy atom. The highest BCUT2D eigenvalue weighted by atomic mass is 28.4. The lowest BCUT2D eigenvalue weighted by molar-refractivity contribution is -0.284. The SMILES string of the molecule is CC1(C)O[C@@H]2[C@H](O1)[C@@H](CO[Si](c1ccccc1)(c1ccccc1)C(C)(C)C)O[C@H]2N1CC[C@@H](n2cc(F)c(N)nc2=O)O1. The highest BCUT2D eigenvalue weighted by Gasteiger charge is 2.59. The third-order valence-electron chi connectivity index (χ3n) is 8.39. The summed E-state index contributed by atoms with van der Waals surface area (Å²) in [5.74, 6) is -2.07. The number of nitrogens with two attached hydrogens (primary N) is 1. The Morgan fingerprint density at radius 3 is 2.26 bits per heavy atom. The number of rotatable bonds is 7. The van der Waals surface area contributed by atoms with Gasteiger partial charge in [0.1, 0.15) is 18.3 Å². The van der Waals surface area contributed by atoms with E-state index >= 15 is 0 Å². The molecule has 3 aliphatic heterocycles. The molecule has 43 heavy (non-hydrogen) atoms. The van der Waals surface area contributed by atoms with E-state index in [4.69, 9.17) is 29.2 Å². The molecular weight excluding hydrogens is 571 g/mol. The molecule has 2 N–H and O–H groups in total. The Hall–Kier alpha value is -2.97. The van der Waals surface area contributed by atoms with E-state index in [0.29, 0.717) is 13.0 Å². The van der Waals surface area contributed by atoms with Crippen LogP contribution in [0.3, 0.4) is 0 Å². The molecule has 0 amide bonds. The number of hydrogen-bond acceptors (Lipinski definition) is 9. The normalized spacial score (nSPS) is 27.4. The van der Waals surface area contributed by atoms with E-state index < -0.39 is 62.2 Å². The minimum absolute atomic E-state index is 0.208. The van der Waals surface area contributed by atoms with E-state index in [0.717, 1.165) is 10.8 Å². The van der Waals surface area contributed by atoms with Crippen LogP contribution in [-0.2, 0) is 23.5 Å². The quantitative estimate of drug-likeness (QED) is 0.404. The third-order valence-corrected chi connectivity index (χ3v) is 13.4. The number of anilines is 1. The van der Waals surface area contributed by atoms with Crippen LogP contribution in [0.15, 0.2) is 71.7 Å². The van der Waals surface area contributed by atoms with E-state index in [2.05, 4.69) is 74.3 Å². The predicted molar refractivity (Wildman–Crippen MR) is 160 cm³/mol. The van der Waals surface area contributed by atoms with Crippen molar-refractivity contribution in [2.75, 3.05) is 18.9 Å². The second-order valence-corrected chi connectivity index (χ2v) is 17.1. The maximum absolute atomic E-state index is 14.1. The van der Waals surface area contributed by atoms with Crippen LogP contribution >= 0.6 is 0 Å². The first-order valence-electron chi connectivity index (χ1n) is 14.6. The van der Waals surface area contributed by atoms with Crippen molar-refractivity contribution in [2.45, 2.75) is 82.6 Å². The number of hydroxylamine groups is 2. The highest BCUT2D eigenvalue weighted by molar-refractivity contribution is 6.99. The van der Waals surface area contributed by atoms with Crippen LogP contribution in [0.25, 0.3) is 0 Å². The van der Waals surface area contributed by atoms with E-state index in [9.17, 15) is 9.18 Å². The fourth-order valence-corrected chi connectivity index (χ4v) is 11.1. The van der Waals surface area contributed by atoms with Gasteiger partial charge in [-0.1, -0.05) is 81.4 Å². The summed E-state index contributed by atoms with van der Waals surface area (Å²) in [6.45, 7) is 11.1. The van der Waals surface area contributed by atoms with Crippen LogP contribution in [0.4, 0.5) is 10.2 Å². The molecule has 0 spiro atoms. The van der Waals surface area contributed by atoms with Gasteiger partial charge >= 0.3 is 5.69 Å². The van der Waals surface area contributed by atoms with Crippen LogP contribution in [-0.4, -0.2) is 66.4 Å². The molecule has 6 rings (SSSR count). The van der Waals surface area contributed by atoms with E-state index in [1.165, 1.54) is 10.4 Å². The molecule has 3 fully saturated rings. The van der Waals surface area contributed by atoms with Crippen molar-refractivity contribution in [1.82, 2.24) is 14.6 Å². The molecular formula is C31H39FN4O6Si. The molecule has 3 aromatic rings. The minimum Gasteiger partial charge on any atom is -0.405 e. The molecule has 12 heteroatoms. The number of ether oxygens (including phenoxy) is 3. The standard InChI is InChI=1S/C31H39FN4O6Si/c1-30(2,3)43(20-12-8-6-9-13-20,21-14-10-7-11-15-21)38-19-23-25-26(41-31(4,5)40-25)28(39-23)36-17-16-24(42-36)35-18-22(32)27(33)34-29(35)37/h6-15,18,23-26,28H,16-17,19H2,1-5H3,(H2,33,34,37)/t23-,24+,25-,26-,28-/m1/s1. The number of benzene rings is 2. The van der Waals surface area contributed by atoms with Gasteiger partial charge < -0.3 is 24.4 Å². The van der Waals surface area contributed by atoms with Crippen LogP contribution < -0.4 is 21.8 Å². The lowest BCUT2D eigenvalue weighted by atomic mass is 10.1. The van der Waals surface area contributed by atoms with Crippen LogP contribution in [0.2, 0.25) is 5.04 Å². The fourth-order valence-electron chi connectivity index (χ4n) is 6.53. The van der Waals surface area contributed by atoms with Gasteiger partial charge in [-0.15, -0.1) is 0 Å². The molecule has 5 atom stereocenters. The van der Waals surface area contributed by atoms with Crippen LogP contribution in [0.5, 0.6) is 0 Å². The van der Waals surface area contributed by atoms with Crippen molar-refractivity contribution in [2.24, 2.45) is 0 Å². The fraction of sp³-hybridized carbons (Fsp3) is 0.484.